The molecule has 0 aliphatic heterocycles. The normalized spacial score (nSPS) is 10.7. The zero-order chi connectivity index (χ0) is 18.1. The number of halogens is 1. The number of esters is 2. The largest absolute Gasteiger partial charge is 0.465 e. The molecule has 0 spiro atoms. The lowest BCUT2D eigenvalue weighted by Gasteiger charge is -2.13. The summed E-state index contributed by atoms with van der Waals surface area (Å²) in [5.74, 6) is -1.19. The molecule has 0 bridgehead atoms. The van der Waals surface area contributed by atoms with Crippen molar-refractivity contribution in [2.75, 3.05) is 14.2 Å². The van der Waals surface area contributed by atoms with Crippen LogP contribution < -0.4 is 0 Å². The van der Waals surface area contributed by atoms with Gasteiger partial charge in [-0.2, -0.15) is 0 Å². The number of carbonyl (C=O) groups is 2. The summed E-state index contributed by atoms with van der Waals surface area (Å²) in [6.45, 7) is 0. The van der Waals surface area contributed by atoms with Gasteiger partial charge in [0.25, 0.3) is 0 Å². The van der Waals surface area contributed by atoms with E-state index in [4.69, 9.17) is 21.1 Å². The molecule has 0 saturated carbocycles. The highest BCUT2D eigenvalue weighted by atomic mass is 35.5. The second-order valence-electron chi connectivity index (χ2n) is 5.53. The topological polar surface area (TPSA) is 57.5 Å². The minimum Gasteiger partial charge on any atom is -0.465 e. The van der Waals surface area contributed by atoms with Gasteiger partial charge in [0.2, 0.25) is 0 Å². The van der Waals surface area contributed by atoms with Crippen LogP contribution in [0.4, 0.5) is 0 Å². The van der Waals surface area contributed by atoms with Crippen molar-refractivity contribution in [3.63, 3.8) is 0 Å². The Bertz CT molecular complexity index is 973. The Balaban J connectivity index is 2.42. The molecule has 0 atom stereocenters. The molecule has 3 aromatic rings. The van der Waals surface area contributed by atoms with E-state index in [-0.39, 0.29) is 11.1 Å². The molecule has 0 fully saturated rings. The predicted octanol–water partition coefficient (Wildman–Crippen LogP) is 4.07. The van der Waals surface area contributed by atoms with Crippen LogP contribution in [0.3, 0.4) is 0 Å². The van der Waals surface area contributed by atoms with E-state index in [2.05, 4.69) is 0 Å². The number of carbonyl (C=O) groups excluding carboxylic acids is 2. The van der Waals surface area contributed by atoms with Gasteiger partial charge < -0.3 is 14.0 Å². The first-order chi connectivity index (χ1) is 12.0. The third-order valence-electron chi connectivity index (χ3n) is 4.11. The number of hydrogen-bond donors (Lipinski definition) is 0. The lowest BCUT2D eigenvalue weighted by Crippen LogP contribution is -2.14. The summed E-state index contributed by atoms with van der Waals surface area (Å²) < 4.78 is 11.5. The van der Waals surface area contributed by atoms with Crippen LogP contribution in [-0.2, 0) is 16.5 Å². The third kappa shape index (κ3) is 2.87. The molecule has 3 rings (SSSR count). The summed E-state index contributed by atoms with van der Waals surface area (Å²) in [5, 5.41) is 1.45. The number of rotatable bonds is 3. The SMILES string of the molecule is COC(=O)c1cc(-c2ccc(Cl)cc2)c2ccn(C)c2c1C(=O)OC. The zero-order valence-electron chi connectivity index (χ0n) is 14.0. The summed E-state index contributed by atoms with van der Waals surface area (Å²) in [6, 6.07) is 10.8. The van der Waals surface area contributed by atoms with Crippen molar-refractivity contribution in [2.24, 2.45) is 7.05 Å². The van der Waals surface area contributed by atoms with Gasteiger partial charge in [0, 0.05) is 23.7 Å². The smallest absolute Gasteiger partial charge is 0.340 e. The van der Waals surface area contributed by atoms with Gasteiger partial charge in [0.1, 0.15) is 0 Å². The Kier molecular flexibility index (Phi) is 4.51. The van der Waals surface area contributed by atoms with E-state index in [9.17, 15) is 9.59 Å². The maximum atomic E-state index is 12.4. The first-order valence-electron chi connectivity index (χ1n) is 7.52. The first kappa shape index (κ1) is 17.0. The molecular weight excluding hydrogens is 342 g/mol. The van der Waals surface area contributed by atoms with Crippen LogP contribution in [0.2, 0.25) is 5.02 Å². The monoisotopic (exact) mass is 357 g/mol. The molecule has 0 saturated heterocycles. The summed E-state index contributed by atoms with van der Waals surface area (Å²) in [6.07, 6.45) is 1.83. The van der Waals surface area contributed by atoms with Crippen molar-refractivity contribution in [3.8, 4) is 11.1 Å². The lowest BCUT2D eigenvalue weighted by atomic mass is 9.94. The Morgan fingerprint density at radius 2 is 1.64 bits per heavy atom. The number of benzene rings is 2. The summed E-state index contributed by atoms with van der Waals surface area (Å²) >= 11 is 5.97. The second kappa shape index (κ2) is 6.61. The van der Waals surface area contributed by atoms with E-state index in [1.165, 1.54) is 14.2 Å². The van der Waals surface area contributed by atoms with Crippen molar-refractivity contribution < 1.29 is 19.1 Å². The predicted molar refractivity (Wildman–Crippen MR) is 96.0 cm³/mol. The van der Waals surface area contributed by atoms with Crippen molar-refractivity contribution in [1.82, 2.24) is 4.57 Å². The Morgan fingerprint density at radius 1 is 1.00 bits per heavy atom. The van der Waals surface area contributed by atoms with E-state index >= 15 is 0 Å². The fraction of sp³-hybridized carbons (Fsp3) is 0.158. The van der Waals surface area contributed by atoms with Crippen LogP contribution in [0.15, 0.2) is 42.6 Å². The van der Waals surface area contributed by atoms with Gasteiger partial charge in [-0.25, -0.2) is 9.59 Å². The van der Waals surface area contributed by atoms with E-state index in [1.807, 2.05) is 31.4 Å². The van der Waals surface area contributed by atoms with E-state index in [0.717, 1.165) is 16.5 Å². The van der Waals surface area contributed by atoms with Crippen molar-refractivity contribution >= 4 is 34.4 Å². The summed E-state index contributed by atoms with van der Waals surface area (Å²) in [4.78, 5) is 24.7. The minimum absolute atomic E-state index is 0.161. The molecule has 0 aliphatic carbocycles. The van der Waals surface area contributed by atoms with Gasteiger partial charge in [0.05, 0.1) is 30.9 Å². The molecular formula is C19H16ClNO4. The highest BCUT2D eigenvalue weighted by Gasteiger charge is 2.25. The standard InChI is InChI=1S/C19H16ClNO4/c1-21-9-8-13-14(11-4-6-12(20)7-5-11)10-15(18(22)24-2)16(17(13)21)19(23)25-3/h4-10H,1-3H3. The van der Waals surface area contributed by atoms with Gasteiger partial charge in [-0.1, -0.05) is 23.7 Å². The lowest BCUT2D eigenvalue weighted by molar-refractivity contribution is 0.0557. The molecule has 0 unspecified atom stereocenters. The average Bonchev–Trinajstić information content (AvgIpc) is 3.01. The van der Waals surface area contributed by atoms with Gasteiger partial charge in [-0.3, -0.25) is 0 Å². The van der Waals surface area contributed by atoms with Crippen LogP contribution in [0.5, 0.6) is 0 Å². The van der Waals surface area contributed by atoms with Crippen molar-refractivity contribution in [3.05, 3.63) is 58.7 Å². The molecule has 2 aromatic carbocycles. The number of ether oxygens (including phenoxy) is 2. The van der Waals surface area contributed by atoms with Gasteiger partial charge in [0.15, 0.2) is 0 Å². The number of methoxy groups -OCH3 is 2. The zero-order valence-corrected chi connectivity index (χ0v) is 14.8. The number of aryl methyl sites for hydroxylation is 1. The number of nitrogens with zero attached hydrogens (tertiary/aromatic N) is 1. The maximum Gasteiger partial charge on any atom is 0.340 e. The Morgan fingerprint density at radius 3 is 2.24 bits per heavy atom. The van der Waals surface area contributed by atoms with Crippen LogP contribution in [-0.4, -0.2) is 30.7 Å². The van der Waals surface area contributed by atoms with E-state index < -0.39 is 11.9 Å². The quantitative estimate of drug-likeness (QED) is 0.663. The molecule has 5 nitrogen and oxygen atoms in total. The average molecular weight is 358 g/mol. The van der Waals surface area contributed by atoms with Crippen molar-refractivity contribution in [1.29, 1.82) is 0 Å². The van der Waals surface area contributed by atoms with Gasteiger partial charge in [-0.05, 0) is 35.4 Å². The van der Waals surface area contributed by atoms with Crippen LogP contribution in [0.1, 0.15) is 20.7 Å². The Labute approximate surface area is 149 Å². The van der Waals surface area contributed by atoms with Gasteiger partial charge in [-0.15, -0.1) is 0 Å². The molecule has 6 heteroatoms. The second-order valence-corrected chi connectivity index (χ2v) is 5.96. The first-order valence-corrected chi connectivity index (χ1v) is 7.90. The van der Waals surface area contributed by atoms with E-state index in [1.54, 1.807) is 22.8 Å². The van der Waals surface area contributed by atoms with Crippen molar-refractivity contribution in [2.45, 2.75) is 0 Å². The number of aromatic nitrogens is 1. The molecule has 0 radical (unpaired) electrons. The fourth-order valence-electron chi connectivity index (χ4n) is 2.93. The molecule has 128 valence electrons. The van der Waals surface area contributed by atoms with Crippen LogP contribution >= 0.6 is 11.6 Å². The molecule has 0 amide bonds. The number of fused-ring (bicyclic) bond motifs is 1. The van der Waals surface area contributed by atoms with E-state index in [0.29, 0.717) is 10.5 Å². The third-order valence-corrected chi connectivity index (χ3v) is 4.36. The minimum atomic E-state index is -0.598. The molecule has 0 aliphatic rings. The highest BCUT2D eigenvalue weighted by Crippen LogP contribution is 2.35. The highest BCUT2D eigenvalue weighted by molar-refractivity contribution is 6.30. The Hall–Kier alpha value is -2.79. The molecule has 0 N–H and O–H groups in total. The molecule has 25 heavy (non-hydrogen) atoms. The summed E-state index contributed by atoms with van der Waals surface area (Å²) in [7, 11) is 4.37. The maximum absolute atomic E-state index is 12.4. The molecule has 1 aromatic heterocycles. The molecule has 1 heterocycles. The van der Waals surface area contributed by atoms with Gasteiger partial charge >= 0.3 is 11.9 Å². The number of hydrogen-bond acceptors (Lipinski definition) is 4. The van der Waals surface area contributed by atoms with Crippen LogP contribution in [0, 0.1) is 0 Å². The van der Waals surface area contributed by atoms with Crippen LogP contribution in [0.25, 0.3) is 22.0 Å². The fourth-order valence-corrected chi connectivity index (χ4v) is 3.05. The summed E-state index contributed by atoms with van der Waals surface area (Å²) in [5.41, 5.74) is 2.64.